The minimum atomic E-state index is 1.04. The van der Waals surface area contributed by atoms with Crippen LogP contribution in [0.4, 0.5) is 0 Å². The van der Waals surface area contributed by atoms with Crippen molar-refractivity contribution in [3.63, 3.8) is 0 Å². The molecule has 0 aliphatic carbocycles. The van der Waals surface area contributed by atoms with Crippen LogP contribution in [-0.4, -0.2) is 4.98 Å². The topological polar surface area (TPSA) is 12.9 Å². The first-order valence-corrected chi connectivity index (χ1v) is 4.16. The predicted octanol–water partition coefficient (Wildman–Crippen LogP) is 3.18. The monoisotopic (exact) mass is 201 g/mol. The molecule has 0 aliphatic rings. The van der Waals surface area contributed by atoms with Crippen LogP contribution in [0.15, 0.2) is 22.8 Å². The molecule has 1 aromatic heterocycles. The molecule has 0 spiro atoms. The molecule has 1 rings (SSSR count). The maximum Gasteiger partial charge on any atom is 0.0383 e. The van der Waals surface area contributed by atoms with Gasteiger partial charge in [-0.3, -0.25) is 4.98 Å². The first-order valence-electron chi connectivity index (χ1n) is 3.37. The van der Waals surface area contributed by atoms with Gasteiger partial charge in [-0.15, -0.1) is 0 Å². The van der Waals surface area contributed by atoms with Gasteiger partial charge in [0.1, 0.15) is 0 Å². The zero-order chi connectivity index (χ0) is 7.98. The maximum absolute atomic E-state index is 4.01. The summed E-state index contributed by atoms with van der Waals surface area (Å²) in [6.45, 7) is 5.96. The van der Waals surface area contributed by atoms with Gasteiger partial charge in [0.15, 0.2) is 0 Å². The summed E-state index contributed by atoms with van der Waals surface area (Å²) in [5, 5.41) is 0. The zero-order valence-electron chi connectivity index (χ0n) is 6.56. The maximum atomic E-state index is 4.01. The number of pyridine rings is 1. The Hall–Kier alpha value is -0.370. The normalized spacial score (nSPS) is 8.00. The van der Waals surface area contributed by atoms with Crippen LogP contribution < -0.4 is 0 Å². The van der Waals surface area contributed by atoms with Crippen LogP contribution in [0.25, 0.3) is 0 Å². The third-order valence-corrected chi connectivity index (χ3v) is 1.35. The van der Waals surface area contributed by atoms with E-state index in [-0.39, 0.29) is 0 Å². The van der Waals surface area contributed by atoms with E-state index in [1.165, 1.54) is 0 Å². The summed E-state index contributed by atoms with van der Waals surface area (Å²) in [5.74, 6) is 0. The summed E-state index contributed by atoms with van der Waals surface area (Å²) < 4.78 is 1.09. The van der Waals surface area contributed by atoms with E-state index in [9.17, 15) is 0 Å². The summed E-state index contributed by atoms with van der Waals surface area (Å²) in [7, 11) is 0. The highest BCUT2D eigenvalue weighted by molar-refractivity contribution is 9.10. The minimum absolute atomic E-state index is 1.04. The fourth-order valence-corrected chi connectivity index (χ4v) is 0.960. The van der Waals surface area contributed by atoms with Gasteiger partial charge in [-0.05, 0) is 19.1 Å². The third kappa shape index (κ3) is 3.62. The van der Waals surface area contributed by atoms with E-state index < -0.39 is 0 Å². The quantitative estimate of drug-likeness (QED) is 0.629. The van der Waals surface area contributed by atoms with Crippen LogP contribution in [-0.2, 0) is 0 Å². The van der Waals surface area contributed by atoms with E-state index in [0.717, 1.165) is 10.2 Å². The number of aromatic nitrogens is 1. The second-order valence-electron chi connectivity index (χ2n) is 1.62. The molecule has 0 fully saturated rings. The van der Waals surface area contributed by atoms with E-state index in [4.69, 9.17) is 0 Å². The Bertz CT molecular complexity index is 169. The standard InChI is InChI=1S/C6H6BrN.C2H6/c1-5-4-6(7)2-3-8-5;1-2/h2-4H,1H3;1-2H3. The smallest absolute Gasteiger partial charge is 0.0383 e. The lowest BCUT2D eigenvalue weighted by molar-refractivity contribution is 1.19. The number of aryl methyl sites for hydroxylation is 1. The lowest BCUT2D eigenvalue weighted by Crippen LogP contribution is -1.75. The summed E-state index contributed by atoms with van der Waals surface area (Å²) in [5.41, 5.74) is 1.04. The summed E-state index contributed by atoms with van der Waals surface area (Å²) in [6.07, 6.45) is 1.78. The van der Waals surface area contributed by atoms with Gasteiger partial charge < -0.3 is 0 Å². The molecule has 1 aromatic rings. The summed E-state index contributed by atoms with van der Waals surface area (Å²) >= 11 is 3.32. The van der Waals surface area contributed by atoms with E-state index in [1.54, 1.807) is 6.20 Å². The fraction of sp³-hybridized carbons (Fsp3) is 0.375. The molecule has 10 heavy (non-hydrogen) atoms. The average Bonchev–Trinajstić information content (AvgIpc) is 1.91. The first-order chi connectivity index (χ1) is 4.79. The number of nitrogens with zero attached hydrogens (tertiary/aromatic N) is 1. The van der Waals surface area contributed by atoms with Crippen molar-refractivity contribution in [1.82, 2.24) is 4.98 Å². The zero-order valence-corrected chi connectivity index (χ0v) is 8.14. The molecule has 2 heteroatoms. The molecule has 0 atom stereocenters. The lowest BCUT2D eigenvalue weighted by atomic mass is 10.4. The van der Waals surface area contributed by atoms with E-state index in [0.29, 0.717) is 0 Å². The Morgan fingerprint density at radius 3 is 2.30 bits per heavy atom. The SMILES string of the molecule is CC.Cc1cc(Br)ccn1. The van der Waals surface area contributed by atoms with Crippen LogP contribution in [0.3, 0.4) is 0 Å². The fourth-order valence-electron chi connectivity index (χ4n) is 0.511. The molecule has 56 valence electrons. The Labute approximate surface area is 70.6 Å². The summed E-state index contributed by atoms with van der Waals surface area (Å²) in [4.78, 5) is 4.01. The van der Waals surface area contributed by atoms with Gasteiger partial charge in [0.25, 0.3) is 0 Å². The second-order valence-corrected chi connectivity index (χ2v) is 2.53. The molecule has 0 radical (unpaired) electrons. The van der Waals surface area contributed by atoms with Gasteiger partial charge in [-0.2, -0.15) is 0 Å². The molecular formula is C8H12BrN. The van der Waals surface area contributed by atoms with Gasteiger partial charge in [0, 0.05) is 16.4 Å². The van der Waals surface area contributed by atoms with Gasteiger partial charge >= 0.3 is 0 Å². The van der Waals surface area contributed by atoms with Crippen molar-refractivity contribution < 1.29 is 0 Å². The van der Waals surface area contributed by atoms with Gasteiger partial charge in [-0.1, -0.05) is 29.8 Å². The first kappa shape index (κ1) is 9.63. The number of halogens is 1. The van der Waals surface area contributed by atoms with Crippen LogP contribution in [0.2, 0.25) is 0 Å². The van der Waals surface area contributed by atoms with Crippen molar-refractivity contribution in [2.75, 3.05) is 0 Å². The van der Waals surface area contributed by atoms with Gasteiger partial charge in [0.2, 0.25) is 0 Å². The van der Waals surface area contributed by atoms with E-state index >= 15 is 0 Å². The van der Waals surface area contributed by atoms with E-state index in [2.05, 4.69) is 20.9 Å². The van der Waals surface area contributed by atoms with Crippen molar-refractivity contribution in [2.24, 2.45) is 0 Å². The largest absolute Gasteiger partial charge is 0.262 e. The molecule has 0 amide bonds. The van der Waals surface area contributed by atoms with Crippen LogP contribution >= 0.6 is 15.9 Å². The third-order valence-electron chi connectivity index (χ3n) is 0.859. The Balaban J connectivity index is 0.000000371. The molecule has 1 heterocycles. The Kier molecular flexibility index (Phi) is 5.22. The molecule has 1 nitrogen and oxygen atoms in total. The lowest BCUT2D eigenvalue weighted by Gasteiger charge is -1.88. The number of rotatable bonds is 0. The molecule has 0 saturated carbocycles. The van der Waals surface area contributed by atoms with Crippen molar-refractivity contribution in [3.8, 4) is 0 Å². The van der Waals surface area contributed by atoms with Gasteiger partial charge in [0.05, 0.1) is 0 Å². The summed E-state index contributed by atoms with van der Waals surface area (Å²) in [6, 6.07) is 3.88. The molecule has 0 aromatic carbocycles. The van der Waals surface area contributed by atoms with Crippen molar-refractivity contribution in [1.29, 1.82) is 0 Å². The van der Waals surface area contributed by atoms with Crippen molar-refractivity contribution in [3.05, 3.63) is 28.5 Å². The molecule has 0 N–H and O–H groups in total. The predicted molar refractivity (Wildman–Crippen MR) is 48.0 cm³/mol. The van der Waals surface area contributed by atoms with Gasteiger partial charge in [-0.25, -0.2) is 0 Å². The van der Waals surface area contributed by atoms with Crippen LogP contribution in [0.1, 0.15) is 19.5 Å². The van der Waals surface area contributed by atoms with Crippen LogP contribution in [0.5, 0.6) is 0 Å². The van der Waals surface area contributed by atoms with Crippen LogP contribution in [0, 0.1) is 6.92 Å². The van der Waals surface area contributed by atoms with E-state index in [1.807, 2.05) is 32.9 Å². The number of hydrogen-bond acceptors (Lipinski definition) is 1. The molecule has 0 aliphatic heterocycles. The average molecular weight is 202 g/mol. The Morgan fingerprint density at radius 2 is 2.00 bits per heavy atom. The Morgan fingerprint density at radius 1 is 1.40 bits per heavy atom. The minimum Gasteiger partial charge on any atom is -0.262 e. The highest BCUT2D eigenvalue weighted by Crippen LogP contribution is 2.07. The highest BCUT2D eigenvalue weighted by atomic mass is 79.9. The van der Waals surface area contributed by atoms with Crippen molar-refractivity contribution in [2.45, 2.75) is 20.8 Å². The number of hydrogen-bond donors (Lipinski definition) is 0. The second kappa shape index (κ2) is 5.42. The van der Waals surface area contributed by atoms with Crippen molar-refractivity contribution >= 4 is 15.9 Å². The molecule has 0 bridgehead atoms. The molecule has 0 saturated heterocycles. The highest BCUT2D eigenvalue weighted by Gasteiger charge is 1.83. The molecular weight excluding hydrogens is 190 g/mol. The molecule has 0 unspecified atom stereocenters.